The summed E-state index contributed by atoms with van der Waals surface area (Å²) in [6.45, 7) is -0.107. The maximum absolute atomic E-state index is 12.3. The first-order valence-corrected chi connectivity index (χ1v) is 6.97. The molecule has 1 unspecified atom stereocenters. The predicted molar refractivity (Wildman–Crippen MR) is 76.3 cm³/mol. The Hall–Kier alpha value is -2.65. The molecule has 0 aliphatic carbocycles. The van der Waals surface area contributed by atoms with E-state index in [2.05, 4.69) is 5.32 Å². The molecule has 10 heteroatoms. The molecule has 1 aliphatic heterocycles. The molecule has 7 nitrogen and oxygen atoms in total. The van der Waals surface area contributed by atoms with E-state index in [1.165, 1.54) is 25.1 Å². The monoisotopic (exact) mass is 345 g/mol. The molecule has 24 heavy (non-hydrogen) atoms. The molecule has 0 radical (unpaired) electrons. The Balaban J connectivity index is 2.02. The van der Waals surface area contributed by atoms with Crippen LogP contribution in [-0.2, 0) is 4.79 Å². The first-order valence-electron chi connectivity index (χ1n) is 6.97. The van der Waals surface area contributed by atoms with Crippen LogP contribution in [-0.4, -0.2) is 46.9 Å². The Morgan fingerprint density at radius 2 is 2.12 bits per heavy atom. The van der Waals surface area contributed by atoms with Crippen molar-refractivity contribution in [3.8, 4) is 0 Å². The molecule has 1 saturated heterocycles. The van der Waals surface area contributed by atoms with Crippen LogP contribution in [0.5, 0.6) is 0 Å². The molecule has 1 aliphatic rings. The van der Waals surface area contributed by atoms with Crippen LogP contribution >= 0.6 is 0 Å². The molecule has 0 spiro atoms. The highest BCUT2D eigenvalue weighted by Gasteiger charge is 2.38. The van der Waals surface area contributed by atoms with E-state index in [1.807, 2.05) is 0 Å². The van der Waals surface area contributed by atoms with Gasteiger partial charge in [-0.2, -0.15) is 13.2 Å². The predicted octanol–water partition coefficient (Wildman–Crippen LogP) is 1.80. The van der Waals surface area contributed by atoms with Gasteiger partial charge in [-0.05, 0) is 19.1 Å². The standard InChI is InChI=1S/C14H14F3N3O4/c1-8-4-9(2-3-11(8)20(23)24)13(22)18-10-5-12(21)19(6-10)7-14(15,16)17/h2-4,10H,5-7H2,1H3,(H,18,22). The van der Waals surface area contributed by atoms with Crippen molar-refractivity contribution in [2.24, 2.45) is 0 Å². The van der Waals surface area contributed by atoms with Crippen LogP contribution in [0.25, 0.3) is 0 Å². The molecule has 1 N–H and O–H groups in total. The maximum Gasteiger partial charge on any atom is 0.406 e. The summed E-state index contributed by atoms with van der Waals surface area (Å²) in [4.78, 5) is 34.5. The highest BCUT2D eigenvalue weighted by molar-refractivity contribution is 5.95. The van der Waals surface area contributed by atoms with Gasteiger partial charge in [0.2, 0.25) is 5.91 Å². The lowest BCUT2D eigenvalue weighted by molar-refractivity contribution is -0.385. The van der Waals surface area contributed by atoms with Crippen molar-refractivity contribution >= 4 is 17.5 Å². The topological polar surface area (TPSA) is 92.6 Å². The van der Waals surface area contributed by atoms with Crippen molar-refractivity contribution < 1.29 is 27.7 Å². The summed E-state index contributed by atoms with van der Waals surface area (Å²) in [5.74, 6) is -1.28. The Kier molecular flexibility index (Phi) is 4.76. The van der Waals surface area contributed by atoms with Gasteiger partial charge in [0.25, 0.3) is 11.6 Å². The van der Waals surface area contributed by atoms with Gasteiger partial charge in [0, 0.05) is 30.2 Å². The summed E-state index contributed by atoms with van der Waals surface area (Å²) in [5.41, 5.74) is 0.285. The minimum atomic E-state index is -4.50. The van der Waals surface area contributed by atoms with Crippen LogP contribution < -0.4 is 5.32 Å². The number of likely N-dealkylation sites (tertiary alicyclic amines) is 1. The van der Waals surface area contributed by atoms with Crippen molar-refractivity contribution in [2.45, 2.75) is 25.6 Å². The molecule has 1 aromatic carbocycles. The highest BCUT2D eigenvalue weighted by atomic mass is 19.4. The van der Waals surface area contributed by atoms with Gasteiger partial charge in [0.1, 0.15) is 6.54 Å². The van der Waals surface area contributed by atoms with Gasteiger partial charge in [0.05, 0.1) is 11.0 Å². The van der Waals surface area contributed by atoms with Crippen molar-refractivity contribution in [3.63, 3.8) is 0 Å². The third-order valence-electron chi connectivity index (χ3n) is 3.58. The van der Waals surface area contributed by atoms with Gasteiger partial charge in [-0.1, -0.05) is 0 Å². The van der Waals surface area contributed by atoms with E-state index in [-0.39, 0.29) is 29.8 Å². The molecule has 0 saturated carbocycles. The number of nitro benzene ring substituents is 1. The van der Waals surface area contributed by atoms with E-state index in [0.29, 0.717) is 4.90 Å². The zero-order valence-corrected chi connectivity index (χ0v) is 12.6. The fourth-order valence-electron chi connectivity index (χ4n) is 2.51. The number of hydrogen-bond acceptors (Lipinski definition) is 4. The summed E-state index contributed by atoms with van der Waals surface area (Å²) in [6, 6.07) is 3.02. The number of aryl methyl sites for hydroxylation is 1. The van der Waals surface area contributed by atoms with Crippen LogP contribution in [0, 0.1) is 17.0 Å². The molecule has 2 amide bonds. The number of nitro groups is 1. The Labute approximate surface area is 134 Å². The van der Waals surface area contributed by atoms with E-state index in [4.69, 9.17) is 0 Å². The van der Waals surface area contributed by atoms with Crippen molar-refractivity contribution in [3.05, 3.63) is 39.4 Å². The third kappa shape index (κ3) is 4.21. The van der Waals surface area contributed by atoms with Gasteiger partial charge in [-0.15, -0.1) is 0 Å². The number of nitrogens with zero attached hydrogens (tertiary/aromatic N) is 2. The SMILES string of the molecule is Cc1cc(C(=O)NC2CC(=O)N(CC(F)(F)F)C2)ccc1[N+](=O)[O-]. The number of carbonyl (C=O) groups excluding carboxylic acids is 2. The lowest BCUT2D eigenvalue weighted by Crippen LogP contribution is -2.39. The Bertz CT molecular complexity index is 690. The lowest BCUT2D eigenvalue weighted by atomic mass is 10.1. The molecule has 1 atom stereocenters. The van der Waals surface area contributed by atoms with E-state index >= 15 is 0 Å². The van der Waals surface area contributed by atoms with Gasteiger partial charge in [-0.3, -0.25) is 19.7 Å². The molecule has 2 rings (SSSR count). The second-order valence-electron chi connectivity index (χ2n) is 5.52. The summed E-state index contributed by atoms with van der Waals surface area (Å²) in [6.07, 6.45) is -4.71. The average Bonchev–Trinajstić information content (AvgIpc) is 2.75. The van der Waals surface area contributed by atoms with Gasteiger partial charge < -0.3 is 10.2 Å². The molecule has 1 aromatic rings. The summed E-state index contributed by atoms with van der Waals surface area (Å²) >= 11 is 0. The summed E-state index contributed by atoms with van der Waals surface area (Å²) < 4.78 is 37.0. The van der Waals surface area contributed by atoms with Gasteiger partial charge >= 0.3 is 6.18 Å². The minimum Gasteiger partial charge on any atom is -0.347 e. The van der Waals surface area contributed by atoms with E-state index in [0.717, 1.165) is 0 Å². The highest BCUT2D eigenvalue weighted by Crippen LogP contribution is 2.22. The smallest absolute Gasteiger partial charge is 0.347 e. The maximum atomic E-state index is 12.3. The Morgan fingerprint density at radius 1 is 1.46 bits per heavy atom. The lowest BCUT2D eigenvalue weighted by Gasteiger charge is -2.18. The second kappa shape index (κ2) is 6.46. The van der Waals surface area contributed by atoms with Crippen LogP contribution in [0.4, 0.5) is 18.9 Å². The van der Waals surface area contributed by atoms with Gasteiger partial charge in [0.15, 0.2) is 0 Å². The summed E-state index contributed by atoms with van der Waals surface area (Å²) in [5, 5.41) is 13.2. The van der Waals surface area contributed by atoms with Crippen LogP contribution in [0.15, 0.2) is 18.2 Å². The molecule has 0 bridgehead atoms. The first kappa shape index (κ1) is 17.7. The Morgan fingerprint density at radius 3 is 2.67 bits per heavy atom. The number of nitrogens with one attached hydrogen (secondary N) is 1. The first-order chi connectivity index (χ1) is 11.1. The van der Waals surface area contributed by atoms with Crippen molar-refractivity contribution in [1.29, 1.82) is 0 Å². The number of carbonyl (C=O) groups is 2. The quantitative estimate of drug-likeness (QED) is 0.665. The van der Waals surface area contributed by atoms with E-state index in [1.54, 1.807) is 0 Å². The van der Waals surface area contributed by atoms with Gasteiger partial charge in [-0.25, -0.2) is 0 Å². The summed E-state index contributed by atoms with van der Waals surface area (Å²) in [7, 11) is 0. The third-order valence-corrected chi connectivity index (χ3v) is 3.58. The largest absolute Gasteiger partial charge is 0.406 e. The zero-order valence-electron chi connectivity index (χ0n) is 12.6. The molecular formula is C14H14F3N3O4. The van der Waals surface area contributed by atoms with E-state index in [9.17, 15) is 32.9 Å². The zero-order chi connectivity index (χ0) is 18.1. The molecule has 0 aromatic heterocycles. The number of alkyl halides is 3. The number of benzene rings is 1. The number of halogens is 3. The van der Waals surface area contributed by atoms with Crippen molar-refractivity contribution in [1.82, 2.24) is 10.2 Å². The normalized spacial score (nSPS) is 17.9. The van der Waals surface area contributed by atoms with Crippen LogP contribution in [0.3, 0.4) is 0 Å². The van der Waals surface area contributed by atoms with Crippen LogP contribution in [0.2, 0.25) is 0 Å². The number of rotatable bonds is 4. The molecular weight excluding hydrogens is 331 g/mol. The van der Waals surface area contributed by atoms with E-state index < -0.39 is 35.5 Å². The second-order valence-corrected chi connectivity index (χ2v) is 5.52. The molecule has 1 fully saturated rings. The van der Waals surface area contributed by atoms with Crippen LogP contribution in [0.1, 0.15) is 22.3 Å². The number of amides is 2. The average molecular weight is 345 g/mol. The van der Waals surface area contributed by atoms with Crippen molar-refractivity contribution in [2.75, 3.05) is 13.1 Å². The molecule has 1 heterocycles. The fraction of sp³-hybridized carbons (Fsp3) is 0.429. The molecule has 130 valence electrons. The minimum absolute atomic E-state index is 0.139. The fourth-order valence-corrected chi connectivity index (χ4v) is 2.51. The number of hydrogen-bond donors (Lipinski definition) is 1.